The topological polar surface area (TPSA) is 55.6 Å². The van der Waals surface area contributed by atoms with Crippen molar-refractivity contribution in [2.75, 3.05) is 7.05 Å². The van der Waals surface area contributed by atoms with Crippen LogP contribution in [0.1, 0.15) is 26.3 Å². The fraction of sp³-hybridized carbons (Fsp3) is 0.500. The summed E-state index contributed by atoms with van der Waals surface area (Å²) in [4.78, 5) is 13.3. The van der Waals surface area contributed by atoms with Crippen LogP contribution in [0.15, 0.2) is 24.3 Å². The van der Waals surface area contributed by atoms with E-state index in [9.17, 15) is 4.79 Å². The average molecular weight is 250 g/mol. The molecule has 0 radical (unpaired) electrons. The number of amides is 1. The van der Waals surface area contributed by atoms with E-state index in [1.807, 2.05) is 38.1 Å². The minimum absolute atomic E-state index is 0.0579. The molecule has 18 heavy (non-hydrogen) atoms. The fourth-order valence-corrected chi connectivity index (χ4v) is 1.65. The van der Waals surface area contributed by atoms with Crippen molar-refractivity contribution >= 4 is 5.91 Å². The summed E-state index contributed by atoms with van der Waals surface area (Å²) in [6, 6.07) is 7.29. The highest BCUT2D eigenvalue weighted by molar-refractivity contribution is 5.80. The van der Waals surface area contributed by atoms with Gasteiger partial charge in [0.05, 0.1) is 12.1 Å². The Labute approximate surface area is 109 Å². The van der Waals surface area contributed by atoms with Crippen molar-refractivity contribution in [2.45, 2.75) is 39.5 Å². The summed E-state index contributed by atoms with van der Waals surface area (Å²) in [6.07, 6.45) is 0.165. The van der Waals surface area contributed by atoms with Gasteiger partial charge in [-0.3, -0.25) is 4.79 Å². The molecular weight excluding hydrogens is 228 g/mol. The molecule has 4 nitrogen and oxygen atoms in total. The molecule has 1 atom stereocenters. The minimum atomic E-state index is -0.460. The van der Waals surface area contributed by atoms with Gasteiger partial charge in [0.15, 0.2) is 0 Å². The van der Waals surface area contributed by atoms with Gasteiger partial charge < -0.3 is 15.4 Å². The lowest BCUT2D eigenvalue weighted by Gasteiger charge is -2.19. The van der Waals surface area contributed by atoms with Crippen molar-refractivity contribution in [1.29, 1.82) is 0 Å². The summed E-state index contributed by atoms with van der Waals surface area (Å²) >= 11 is 0. The summed E-state index contributed by atoms with van der Waals surface area (Å²) in [5, 5.41) is 0. The van der Waals surface area contributed by atoms with Crippen LogP contribution in [-0.2, 0) is 11.3 Å². The molecule has 1 unspecified atom stereocenters. The monoisotopic (exact) mass is 250 g/mol. The van der Waals surface area contributed by atoms with E-state index in [1.165, 1.54) is 0 Å². The van der Waals surface area contributed by atoms with E-state index in [4.69, 9.17) is 10.5 Å². The molecule has 0 spiro atoms. The lowest BCUT2D eigenvalue weighted by atomic mass is 10.2. The number of nitrogens with two attached hydrogens (primary N) is 1. The molecule has 4 heteroatoms. The third-order valence-corrected chi connectivity index (χ3v) is 2.48. The van der Waals surface area contributed by atoms with Gasteiger partial charge in [0.1, 0.15) is 5.75 Å². The number of nitrogens with zero attached hydrogens (tertiary/aromatic N) is 1. The standard InChI is InChI=1S/C14H22N2O2/c1-10(2)18-13-7-5-12(6-8-13)9-16(4)14(17)11(3)15/h5-8,10-11H,9,15H2,1-4H3. The minimum Gasteiger partial charge on any atom is -0.491 e. The smallest absolute Gasteiger partial charge is 0.239 e. The molecule has 0 aliphatic carbocycles. The largest absolute Gasteiger partial charge is 0.491 e. The SMILES string of the molecule is CC(C)Oc1ccc(CN(C)C(=O)C(C)N)cc1. The van der Waals surface area contributed by atoms with Crippen LogP contribution in [0, 0.1) is 0 Å². The summed E-state index contributed by atoms with van der Waals surface area (Å²) in [5.74, 6) is 0.785. The van der Waals surface area contributed by atoms with Gasteiger partial charge in [-0.1, -0.05) is 12.1 Å². The Balaban J connectivity index is 2.61. The molecule has 0 aliphatic heterocycles. The molecule has 0 saturated carbocycles. The molecular formula is C14H22N2O2. The maximum atomic E-state index is 11.6. The second-order valence-corrected chi connectivity index (χ2v) is 4.79. The van der Waals surface area contributed by atoms with Gasteiger partial charge in [0.25, 0.3) is 0 Å². The Bertz CT molecular complexity index is 385. The Hall–Kier alpha value is -1.55. The number of hydrogen-bond acceptors (Lipinski definition) is 3. The highest BCUT2D eigenvalue weighted by Gasteiger charge is 2.13. The van der Waals surface area contributed by atoms with E-state index in [1.54, 1.807) is 18.9 Å². The lowest BCUT2D eigenvalue weighted by Crippen LogP contribution is -2.39. The zero-order chi connectivity index (χ0) is 13.7. The lowest BCUT2D eigenvalue weighted by molar-refractivity contribution is -0.131. The van der Waals surface area contributed by atoms with Gasteiger partial charge in [0, 0.05) is 13.6 Å². The highest BCUT2D eigenvalue weighted by Crippen LogP contribution is 2.14. The van der Waals surface area contributed by atoms with Crippen molar-refractivity contribution in [3.63, 3.8) is 0 Å². The third-order valence-electron chi connectivity index (χ3n) is 2.48. The molecule has 0 aliphatic rings. The predicted octanol–water partition coefficient (Wildman–Crippen LogP) is 1.78. The second-order valence-electron chi connectivity index (χ2n) is 4.79. The molecule has 1 aromatic rings. The Morgan fingerprint density at radius 1 is 1.28 bits per heavy atom. The molecule has 1 aromatic carbocycles. The van der Waals surface area contributed by atoms with E-state index in [0.717, 1.165) is 11.3 Å². The number of carbonyl (C=O) groups is 1. The van der Waals surface area contributed by atoms with Crippen molar-refractivity contribution in [1.82, 2.24) is 4.90 Å². The number of benzene rings is 1. The number of carbonyl (C=O) groups excluding carboxylic acids is 1. The van der Waals surface area contributed by atoms with E-state index < -0.39 is 6.04 Å². The summed E-state index contributed by atoms with van der Waals surface area (Å²) < 4.78 is 5.56. The second kappa shape index (κ2) is 6.40. The van der Waals surface area contributed by atoms with Crippen LogP contribution in [0.4, 0.5) is 0 Å². The molecule has 0 heterocycles. The van der Waals surface area contributed by atoms with Crippen LogP contribution < -0.4 is 10.5 Å². The van der Waals surface area contributed by atoms with Gasteiger partial charge in [-0.2, -0.15) is 0 Å². The van der Waals surface area contributed by atoms with Crippen LogP contribution in [0.3, 0.4) is 0 Å². The van der Waals surface area contributed by atoms with Crippen molar-refractivity contribution in [2.24, 2.45) is 5.73 Å². The first-order chi connectivity index (χ1) is 8.40. The average Bonchev–Trinajstić information content (AvgIpc) is 2.29. The first-order valence-electron chi connectivity index (χ1n) is 6.16. The van der Waals surface area contributed by atoms with Gasteiger partial charge >= 0.3 is 0 Å². The first-order valence-corrected chi connectivity index (χ1v) is 6.16. The van der Waals surface area contributed by atoms with E-state index in [2.05, 4.69) is 0 Å². The predicted molar refractivity (Wildman–Crippen MR) is 72.3 cm³/mol. The number of hydrogen-bond donors (Lipinski definition) is 1. The fourth-order valence-electron chi connectivity index (χ4n) is 1.65. The zero-order valence-electron chi connectivity index (χ0n) is 11.5. The first kappa shape index (κ1) is 14.5. The quantitative estimate of drug-likeness (QED) is 0.866. The summed E-state index contributed by atoms with van der Waals surface area (Å²) in [7, 11) is 1.75. The summed E-state index contributed by atoms with van der Waals surface area (Å²) in [5.41, 5.74) is 6.62. The van der Waals surface area contributed by atoms with Crippen LogP contribution in [0.5, 0.6) is 5.75 Å². The van der Waals surface area contributed by atoms with Gasteiger partial charge in [-0.25, -0.2) is 0 Å². The normalized spacial score (nSPS) is 12.3. The van der Waals surface area contributed by atoms with Crippen LogP contribution in [0.2, 0.25) is 0 Å². The molecule has 0 aromatic heterocycles. The Morgan fingerprint density at radius 3 is 2.28 bits per heavy atom. The molecule has 100 valence electrons. The highest BCUT2D eigenvalue weighted by atomic mass is 16.5. The molecule has 0 saturated heterocycles. The van der Waals surface area contributed by atoms with E-state index in [-0.39, 0.29) is 12.0 Å². The third kappa shape index (κ3) is 4.37. The maximum absolute atomic E-state index is 11.6. The molecule has 1 rings (SSSR count). The van der Waals surface area contributed by atoms with Crippen molar-refractivity contribution in [3.05, 3.63) is 29.8 Å². The van der Waals surface area contributed by atoms with Crippen LogP contribution in [-0.4, -0.2) is 30.0 Å². The van der Waals surface area contributed by atoms with Crippen molar-refractivity contribution in [3.8, 4) is 5.75 Å². The molecule has 1 amide bonds. The Morgan fingerprint density at radius 2 is 1.83 bits per heavy atom. The van der Waals surface area contributed by atoms with Gasteiger partial charge in [-0.15, -0.1) is 0 Å². The van der Waals surface area contributed by atoms with Gasteiger partial charge in [-0.05, 0) is 38.5 Å². The van der Waals surface area contributed by atoms with Gasteiger partial charge in [0.2, 0.25) is 5.91 Å². The summed E-state index contributed by atoms with van der Waals surface area (Å²) in [6.45, 7) is 6.23. The van der Waals surface area contributed by atoms with Crippen LogP contribution >= 0.6 is 0 Å². The maximum Gasteiger partial charge on any atom is 0.239 e. The molecule has 0 fully saturated rings. The van der Waals surface area contributed by atoms with Crippen LogP contribution in [0.25, 0.3) is 0 Å². The zero-order valence-corrected chi connectivity index (χ0v) is 11.5. The number of ether oxygens (including phenoxy) is 1. The number of likely N-dealkylation sites (N-methyl/N-ethyl adjacent to an activating group) is 1. The van der Waals surface area contributed by atoms with E-state index in [0.29, 0.717) is 6.54 Å². The number of rotatable bonds is 5. The van der Waals surface area contributed by atoms with Crippen molar-refractivity contribution < 1.29 is 9.53 Å². The molecule has 2 N–H and O–H groups in total. The van der Waals surface area contributed by atoms with E-state index >= 15 is 0 Å². The Kier molecular flexibility index (Phi) is 5.16. The molecule has 0 bridgehead atoms.